The number of ketones is 1. The largest absolute Gasteiger partial charge is 0.325 e. The van der Waals surface area contributed by atoms with Gasteiger partial charge in [-0.05, 0) is 12.1 Å². The Morgan fingerprint density at radius 1 is 1.28 bits per heavy atom. The Bertz CT molecular complexity index is 612. The summed E-state index contributed by atoms with van der Waals surface area (Å²) in [5, 5.41) is 1.90. The zero-order valence-electron chi connectivity index (χ0n) is 8.91. The Hall–Kier alpha value is -1.73. The quantitative estimate of drug-likeness (QED) is 0.688. The van der Waals surface area contributed by atoms with Crippen LogP contribution in [0.25, 0.3) is 0 Å². The van der Waals surface area contributed by atoms with Crippen molar-refractivity contribution in [2.45, 2.75) is 6.54 Å². The maximum atomic E-state index is 13.4. The molecule has 0 saturated carbocycles. The fourth-order valence-corrected chi connectivity index (χ4v) is 2.00. The average Bonchev–Trinajstić information content (AvgIpc) is 2.84. The van der Waals surface area contributed by atoms with E-state index in [1.54, 1.807) is 0 Å². The minimum Gasteiger partial charge on any atom is -0.325 e. The first-order chi connectivity index (χ1) is 8.54. The van der Waals surface area contributed by atoms with Gasteiger partial charge in [0.25, 0.3) is 0 Å². The van der Waals surface area contributed by atoms with Gasteiger partial charge in [0.15, 0.2) is 17.5 Å². The topological polar surface area (TPSA) is 56.0 Å². The van der Waals surface area contributed by atoms with Crippen LogP contribution in [0, 0.1) is 17.5 Å². The van der Waals surface area contributed by atoms with E-state index in [1.165, 1.54) is 5.38 Å². The minimum atomic E-state index is -1.67. The fraction of sp³-hybridized carbons (Fsp3) is 0.0909. The Labute approximate surface area is 104 Å². The molecule has 2 N–H and O–H groups in total. The molecule has 0 saturated heterocycles. The standard InChI is InChI=1S/C11H7F3N2OS/c12-6-2-1-5(9(13)10(6)14)11(17)7-4-18-8(3-15)16-7/h1-2,4H,3,15H2. The zero-order valence-corrected chi connectivity index (χ0v) is 9.73. The van der Waals surface area contributed by atoms with E-state index in [-0.39, 0.29) is 12.2 Å². The molecule has 18 heavy (non-hydrogen) atoms. The number of nitrogens with two attached hydrogens (primary N) is 1. The van der Waals surface area contributed by atoms with Gasteiger partial charge >= 0.3 is 0 Å². The van der Waals surface area contributed by atoms with E-state index in [4.69, 9.17) is 5.73 Å². The normalized spacial score (nSPS) is 10.7. The van der Waals surface area contributed by atoms with Crippen LogP contribution in [-0.2, 0) is 6.54 Å². The summed E-state index contributed by atoms with van der Waals surface area (Å²) in [6, 6.07) is 1.58. The second kappa shape index (κ2) is 4.87. The molecule has 1 heterocycles. The molecule has 0 fully saturated rings. The van der Waals surface area contributed by atoms with Crippen molar-refractivity contribution >= 4 is 17.1 Å². The van der Waals surface area contributed by atoms with E-state index >= 15 is 0 Å². The van der Waals surface area contributed by atoms with Crippen molar-refractivity contribution in [2.24, 2.45) is 5.73 Å². The van der Waals surface area contributed by atoms with Gasteiger partial charge in [0, 0.05) is 11.9 Å². The van der Waals surface area contributed by atoms with Gasteiger partial charge in [-0.15, -0.1) is 11.3 Å². The Morgan fingerprint density at radius 2 is 2.00 bits per heavy atom. The third-order valence-electron chi connectivity index (χ3n) is 2.24. The van der Waals surface area contributed by atoms with Crippen LogP contribution in [0.15, 0.2) is 17.5 Å². The van der Waals surface area contributed by atoms with Gasteiger partial charge in [0.1, 0.15) is 10.7 Å². The molecule has 0 bridgehead atoms. The van der Waals surface area contributed by atoms with Crippen molar-refractivity contribution < 1.29 is 18.0 Å². The lowest BCUT2D eigenvalue weighted by Crippen LogP contribution is -2.08. The third kappa shape index (κ3) is 2.14. The van der Waals surface area contributed by atoms with Gasteiger partial charge in [-0.25, -0.2) is 18.2 Å². The van der Waals surface area contributed by atoms with E-state index in [1.807, 2.05) is 0 Å². The first-order valence-electron chi connectivity index (χ1n) is 4.87. The molecule has 7 heteroatoms. The summed E-state index contributed by atoms with van der Waals surface area (Å²) >= 11 is 1.14. The molecule has 0 aliphatic rings. The van der Waals surface area contributed by atoms with Crippen LogP contribution in [0.1, 0.15) is 21.1 Å². The number of rotatable bonds is 3. The Morgan fingerprint density at radius 3 is 2.61 bits per heavy atom. The molecular formula is C11H7F3N2OS. The van der Waals surface area contributed by atoms with Gasteiger partial charge < -0.3 is 5.73 Å². The summed E-state index contributed by atoms with van der Waals surface area (Å²) in [5.74, 6) is -5.33. The fourth-order valence-electron chi connectivity index (χ4n) is 1.35. The molecule has 1 aromatic heterocycles. The molecule has 3 nitrogen and oxygen atoms in total. The van der Waals surface area contributed by atoms with Crippen molar-refractivity contribution in [3.05, 3.63) is 51.2 Å². The molecule has 0 spiro atoms. The predicted octanol–water partition coefficient (Wildman–Crippen LogP) is 2.25. The van der Waals surface area contributed by atoms with Gasteiger partial charge in [-0.2, -0.15) is 0 Å². The summed E-state index contributed by atoms with van der Waals surface area (Å²) in [7, 11) is 0. The maximum absolute atomic E-state index is 13.4. The summed E-state index contributed by atoms with van der Waals surface area (Å²) in [4.78, 5) is 15.7. The maximum Gasteiger partial charge on any atom is 0.215 e. The highest BCUT2D eigenvalue weighted by Gasteiger charge is 2.21. The van der Waals surface area contributed by atoms with Gasteiger partial charge in [0.2, 0.25) is 5.78 Å². The van der Waals surface area contributed by atoms with Crippen molar-refractivity contribution in [1.82, 2.24) is 4.98 Å². The third-order valence-corrected chi connectivity index (χ3v) is 3.11. The van der Waals surface area contributed by atoms with Crippen molar-refractivity contribution in [3.63, 3.8) is 0 Å². The Balaban J connectivity index is 2.43. The average molecular weight is 272 g/mol. The Kier molecular flexibility index (Phi) is 3.44. The molecule has 0 aliphatic heterocycles. The highest BCUT2D eigenvalue weighted by Crippen LogP contribution is 2.19. The van der Waals surface area contributed by atoms with Crippen LogP contribution >= 0.6 is 11.3 Å². The molecular weight excluding hydrogens is 265 g/mol. The number of hydrogen-bond acceptors (Lipinski definition) is 4. The number of carbonyl (C=O) groups excluding carboxylic acids is 1. The molecule has 0 aliphatic carbocycles. The number of carbonyl (C=O) groups is 1. The number of thiazole rings is 1. The summed E-state index contributed by atoms with van der Waals surface area (Å²) < 4.78 is 39.1. The monoisotopic (exact) mass is 272 g/mol. The van der Waals surface area contributed by atoms with E-state index in [0.717, 1.165) is 17.4 Å². The summed E-state index contributed by atoms with van der Waals surface area (Å²) in [6.45, 7) is 0.151. The molecule has 0 atom stereocenters. The molecule has 2 aromatic rings. The predicted molar refractivity (Wildman–Crippen MR) is 59.8 cm³/mol. The number of nitrogens with zero attached hydrogens (tertiary/aromatic N) is 1. The van der Waals surface area contributed by atoms with Gasteiger partial charge in [-0.3, -0.25) is 4.79 Å². The van der Waals surface area contributed by atoms with Gasteiger partial charge in [0.05, 0.1) is 5.56 Å². The van der Waals surface area contributed by atoms with Crippen LogP contribution in [-0.4, -0.2) is 10.8 Å². The van der Waals surface area contributed by atoms with Crippen LogP contribution in [0.5, 0.6) is 0 Å². The van der Waals surface area contributed by atoms with E-state index in [9.17, 15) is 18.0 Å². The lowest BCUT2D eigenvalue weighted by atomic mass is 10.1. The van der Waals surface area contributed by atoms with Gasteiger partial charge in [-0.1, -0.05) is 0 Å². The molecule has 1 aromatic carbocycles. The highest BCUT2D eigenvalue weighted by molar-refractivity contribution is 7.09. The van der Waals surface area contributed by atoms with Crippen molar-refractivity contribution in [1.29, 1.82) is 0 Å². The van der Waals surface area contributed by atoms with Crippen LogP contribution in [0.4, 0.5) is 13.2 Å². The lowest BCUT2D eigenvalue weighted by molar-refractivity contribution is 0.103. The second-order valence-electron chi connectivity index (χ2n) is 3.38. The highest BCUT2D eigenvalue weighted by atomic mass is 32.1. The summed E-state index contributed by atoms with van der Waals surface area (Å²) in [6.07, 6.45) is 0. The van der Waals surface area contributed by atoms with Crippen LogP contribution in [0.3, 0.4) is 0 Å². The number of halogens is 3. The number of hydrogen-bond donors (Lipinski definition) is 1. The first-order valence-corrected chi connectivity index (χ1v) is 5.75. The number of aromatic nitrogens is 1. The lowest BCUT2D eigenvalue weighted by Gasteiger charge is -2.01. The van der Waals surface area contributed by atoms with Crippen molar-refractivity contribution in [2.75, 3.05) is 0 Å². The van der Waals surface area contributed by atoms with Crippen LogP contribution < -0.4 is 5.73 Å². The minimum absolute atomic E-state index is 0.0367. The van der Waals surface area contributed by atoms with Crippen LogP contribution in [0.2, 0.25) is 0 Å². The SMILES string of the molecule is NCc1nc(C(=O)c2ccc(F)c(F)c2F)cs1. The summed E-state index contributed by atoms with van der Waals surface area (Å²) in [5.41, 5.74) is 4.74. The second-order valence-corrected chi connectivity index (χ2v) is 4.33. The van der Waals surface area contributed by atoms with E-state index in [2.05, 4.69) is 4.98 Å². The molecule has 2 rings (SSSR count). The first kappa shape index (κ1) is 12.7. The molecule has 94 valence electrons. The number of benzene rings is 1. The molecule has 0 radical (unpaired) electrons. The smallest absolute Gasteiger partial charge is 0.215 e. The molecule has 0 amide bonds. The van der Waals surface area contributed by atoms with E-state index in [0.29, 0.717) is 11.1 Å². The zero-order chi connectivity index (χ0) is 13.3. The van der Waals surface area contributed by atoms with E-state index < -0.39 is 28.8 Å². The van der Waals surface area contributed by atoms with Crippen molar-refractivity contribution in [3.8, 4) is 0 Å². The molecule has 0 unspecified atom stereocenters.